The summed E-state index contributed by atoms with van der Waals surface area (Å²) in [6.07, 6.45) is 1.76. The highest BCUT2D eigenvalue weighted by molar-refractivity contribution is 7.92. The molecule has 1 unspecified atom stereocenters. The summed E-state index contributed by atoms with van der Waals surface area (Å²) >= 11 is 0. The van der Waals surface area contributed by atoms with Gasteiger partial charge in [-0.1, -0.05) is 13.8 Å². The topological polar surface area (TPSA) is 92.3 Å². The summed E-state index contributed by atoms with van der Waals surface area (Å²) in [5, 5.41) is 3.22. The third-order valence-corrected chi connectivity index (χ3v) is 6.26. The third-order valence-electron chi connectivity index (χ3n) is 2.97. The van der Waals surface area contributed by atoms with Gasteiger partial charge in [0, 0.05) is 12.1 Å². The van der Waals surface area contributed by atoms with E-state index in [0.717, 1.165) is 13.0 Å². The molecule has 0 saturated carbocycles. The number of sulfone groups is 1. The monoisotopic (exact) mass is 312 g/mol. The van der Waals surface area contributed by atoms with Crippen LogP contribution in [0.25, 0.3) is 0 Å². The predicted octanol–water partition coefficient (Wildman–Crippen LogP) is -0.129. The molecule has 0 amide bonds. The molecular weight excluding hydrogens is 288 g/mol. The molecule has 0 aromatic carbocycles. The Morgan fingerprint density at radius 2 is 1.95 bits per heavy atom. The fourth-order valence-corrected chi connectivity index (χ4v) is 5.20. The fourth-order valence-electron chi connectivity index (χ4n) is 2.01. The van der Waals surface area contributed by atoms with Gasteiger partial charge in [-0.05, 0) is 25.8 Å². The zero-order valence-corrected chi connectivity index (χ0v) is 13.2. The van der Waals surface area contributed by atoms with Crippen LogP contribution in [0, 0.1) is 0 Å². The molecule has 114 valence electrons. The van der Waals surface area contributed by atoms with Crippen molar-refractivity contribution >= 4 is 19.9 Å². The van der Waals surface area contributed by atoms with E-state index in [9.17, 15) is 16.8 Å². The number of nitrogens with one attached hydrogen (secondary N) is 2. The lowest BCUT2D eigenvalue weighted by Gasteiger charge is -2.12. The Balaban J connectivity index is 2.25. The van der Waals surface area contributed by atoms with Crippen LogP contribution in [0.3, 0.4) is 0 Å². The minimum Gasteiger partial charge on any atom is -0.315 e. The van der Waals surface area contributed by atoms with Crippen LogP contribution in [0.4, 0.5) is 0 Å². The number of hydrogen-bond acceptors (Lipinski definition) is 5. The van der Waals surface area contributed by atoms with E-state index in [1.807, 2.05) is 13.8 Å². The molecule has 0 aromatic rings. The fraction of sp³-hybridized carbons (Fsp3) is 1.00. The number of hydrogen-bond donors (Lipinski definition) is 2. The quantitative estimate of drug-likeness (QED) is 0.609. The molecule has 0 spiro atoms. The zero-order chi connectivity index (χ0) is 14.5. The van der Waals surface area contributed by atoms with Crippen molar-refractivity contribution < 1.29 is 16.8 Å². The van der Waals surface area contributed by atoms with Gasteiger partial charge in [-0.15, -0.1) is 0 Å². The highest BCUT2D eigenvalue weighted by atomic mass is 32.2. The average Bonchev–Trinajstić information content (AvgIpc) is 2.55. The Bertz CT molecular complexity index is 471. The largest absolute Gasteiger partial charge is 0.315 e. The van der Waals surface area contributed by atoms with Crippen LogP contribution < -0.4 is 10.0 Å². The first-order valence-electron chi connectivity index (χ1n) is 6.64. The van der Waals surface area contributed by atoms with E-state index >= 15 is 0 Å². The molecule has 2 N–H and O–H groups in total. The lowest BCUT2D eigenvalue weighted by molar-refractivity contribution is 0.547. The van der Waals surface area contributed by atoms with Crippen molar-refractivity contribution in [3.63, 3.8) is 0 Å². The van der Waals surface area contributed by atoms with Gasteiger partial charge in [0.2, 0.25) is 10.0 Å². The summed E-state index contributed by atoms with van der Waals surface area (Å²) in [7, 11) is -6.40. The van der Waals surface area contributed by atoms with Crippen LogP contribution >= 0.6 is 0 Å². The molecule has 1 rings (SSSR count). The van der Waals surface area contributed by atoms with E-state index in [1.165, 1.54) is 0 Å². The maximum atomic E-state index is 11.8. The van der Waals surface area contributed by atoms with Crippen LogP contribution in [0.1, 0.15) is 33.1 Å². The summed E-state index contributed by atoms with van der Waals surface area (Å²) < 4.78 is 48.5. The first-order valence-corrected chi connectivity index (χ1v) is 10.1. The Morgan fingerprint density at radius 3 is 2.47 bits per heavy atom. The highest BCUT2D eigenvalue weighted by Crippen LogP contribution is 2.12. The van der Waals surface area contributed by atoms with E-state index in [0.29, 0.717) is 18.9 Å². The van der Waals surface area contributed by atoms with Crippen LogP contribution in [0.5, 0.6) is 0 Å². The van der Waals surface area contributed by atoms with Crippen molar-refractivity contribution in [2.45, 2.75) is 45.2 Å². The second kappa shape index (κ2) is 7.01. The van der Waals surface area contributed by atoms with Crippen LogP contribution in [-0.2, 0) is 19.9 Å². The Kier molecular flexibility index (Phi) is 6.22. The Morgan fingerprint density at radius 1 is 1.26 bits per heavy atom. The third kappa shape index (κ3) is 7.24. The van der Waals surface area contributed by atoms with Gasteiger partial charge in [0.15, 0.2) is 9.84 Å². The van der Waals surface area contributed by atoms with Crippen LogP contribution in [0.2, 0.25) is 0 Å². The van der Waals surface area contributed by atoms with Gasteiger partial charge in [0.25, 0.3) is 0 Å². The van der Waals surface area contributed by atoms with Gasteiger partial charge in [-0.3, -0.25) is 0 Å². The van der Waals surface area contributed by atoms with Crippen molar-refractivity contribution in [2.24, 2.45) is 0 Å². The van der Waals surface area contributed by atoms with Crippen molar-refractivity contribution in [1.29, 1.82) is 0 Å². The van der Waals surface area contributed by atoms with Crippen molar-refractivity contribution in [1.82, 2.24) is 10.0 Å². The zero-order valence-electron chi connectivity index (χ0n) is 11.6. The SMILES string of the molecule is CC(C)NCCCCS(=O)(=O)NC1CCS(=O)(=O)C1. The van der Waals surface area contributed by atoms with Gasteiger partial charge in [0.05, 0.1) is 17.3 Å². The summed E-state index contributed by atoms with van der Waals surface area (Å²) in [5.74, 6) is 0.0724. The summed E-state index contributed by atoms with van der Waals surface area (Å²) in [5.41, 5.74) is 0. The molecule has 0 aromatic heterocycles. The van der Waals surface area contributed by atoms with Crippen molar-refractivity contribution in [2.75, 3.05) is 23.8 Å². The summed E-state index contributed by atoms with van der Waals surface area (Å²) in [6.45, 7) is 4.88. The molecule has 1 atom stereocenters. The summed E-state index contributed by atoms with van der Waals surface area (Å²) in [6, 6.07) is -0.0396. The number of sulfonamides is 1. The summed E-state index contributed by atoms with van der Waals surface area (Å²) in [4.78, 5) is 0. The maximum Gasteiger partial charge on any atom is 0.211 e. The molecular formula is C11H24N2O4S2. The van der Waals surface area contributed by atoms with Crippen LogP contribution in [0.15, 0.2) is 0 Å². The predicted molar refractivity (Wildman–Crippen MR) is 76.4 cm³/mol. The maximum absolute atomic E-state index is 11.8. The minimum absolute atomic E-state index is 0.0589. The highest BCUT2D eigenvalue weighted by Gasteiger charge is 2.30. The van der Waals surface area contributed by atoms with Crippen molar-refractivity contribution in [3.8, 4) is 0 Å². The molecule has 19 heavy (non-hydrogen) atoms. The molecule has 1 heterocycles. The van der Waals surface area contributed by atoms with E-state index in [1.54, 1.807) is 0 Å². The lowest BCUT2D eigenvalue weighted by Crippen LogP contribution is -2.37. The van der Waals surface area contributed by atoms with Gasteiger partial charge >= 0.3 is 0 Å². The first-order chi connectivity index (χ1) is 8.70. The smallest absolute Gasteiger partial charge is 0.211 e. The molecule has 1 saturated heterocycles. The average molecular weight is 312 g/mol. The normalized spacial score (nSPS) is 23.0. The molecule has 0 radical (unpaired) electrons. The molecule has 8 heteroatoms. The van der Waals surface area contributed by atoms with E-state index in [-0.39, 0.29) is 17.3 Å². The standard InChI is InChI=1S/C11H24N2O4S2/c1-10(2)12-6-3-4-7-19(16,17)13-11-5-8-18(14,15)9-11/h10-13H,3-9H2,1-2H3. The van der Waals surface area contributed by atoms with Crippen molar-refractivity contribution in [3.05, 3.63) is 0 Å². The number of unbranched alkanes of at least 4 members (excludes halogenated alkanes) is 1. The van der Waals surface area contributed by atoms with Gasteiger partial charge in [-0.25, -0.2) is 21.6 Å². The van der Waals surface area contributed by atoms with Crippen LogP contribution in [-0.4, -0.2) is 52.7 Å². The Labute approximate surface area is 116 Å². The molecule has 1 aliphatic heterocycles. The lowest BCUT2D eigenvalue weighted by atomic mass is 10.3. The molecule has 0 bridgehead atoms. The van der Waals surface area contributed by atoms with Gasteiger partial charge < -0.3 is 5.32 Å². The van der Waals surface area contributed by atoms with E-state index < -0.39 is 25.9 Å². The number of rotatable bonds is 8. The molecule has 0 aliphatic carbocycles. The molecule has 1 fully saturated rings. The molecule has 6 nitrogen and oxygen atoms in total. The Hall–Kier alpha value is -0.180. The van der Waals surface area contributed by atoms with Gasteiger partial charge in [-0.2, -0.15) is 0 Å². The molecule has 1 aliphatic rings. The second-order valence-electron chi connectivity index (χ2n) is 5.35. The first kappa shape index (κ1) is 16.9. The van der Waals surface area contributed by atoms with Gasteiger partial charge in [0.1, 0.15) is 0 Å². The van der Waals surface area contributed by atoms with E-state index in [2.05, 4.69) is 10.0 Å². The minimum atomic E-state index is -3.36. The van der Waals surface area contributed by atoms with E-state index in [4.69, 9.17) is 0 Å². The second-order valence-corrected chi connectivity index (χ2v) is 9.45.